The third kappa shape index (κ3) is 5.02. The molecule has 0 bridgehead atoms. The largest absolute Gasteiger partial charge is 0.497 e. The van der Waals surface area contributed by atoms with Crippen LogP contribution < -0.4 is 14.8 Å². The van der Waals surface area contributed by atoms with Gasteiger partial charge in [-0.2, -0.15) is 0 Å². The van der Waals surface area contributed by atoms with E-state index in [-0.39, 0.29) is 17.7 Å². The Morgan fingerprint density at radius 1 is 0.871 bits per heavy atom. The zero-order valence-electron chi connectivity index (χ0n) is 16.6. The number of methoxy groups -OCH3 is 1. The Hall–Kier alpha value is -4.26. The van der Waals surface area contributed by atoms with Crippen LogP contribution in [0.15, 0.2) is 85.2 Å². The van der Waals surface area contributed by atoms with Gasteiger partial charge in [0.05, 0.1) is 7.11 Å². The molecular formula is C24H18FN3O3. The van der Waals surface area contributed by atoms with Crippen LogP contribution in [0, 0.1) is 5.82 Å². The van der Waals surface area contributed by atoms with Gasteiger partial charge in [0.2, 0.25) is 0 Å². The normalized spacial score (nSPS) is 10.4. The Labute approximate surface area is 178 Å². The summed E-state index contributed by atoms with van der Waals surface area (Å²) in [5, 5.41) is 2.73. The van der Waals surface area contributed by atoms with E-state index in [0.29, 0.717) is 22.7 Å². The first-order chi connectivity index (χ1) is 15.1. The van der Waals surface area contributed by atoms with Gasteiger partial charge in [0, 0.05) is 35.3 Å². The highest BCUT2D eigenvalue weighted by atomic mass is 19.1. The van der Waals surface area contributed by atoms with E-state index in [0.717, 1.165) is 11.1 Å². The third-order valence-electron chi connectivity index (χ3n) is 4.46. The lowest BCUT2D eigenvalue weighted by Crippen LogP contribution is -2.11. The first kappa shape index (κ1) is 20.0. The molecule has 1 aromatic heterocycles. The number of aromatic nitrogens is 2. The van der Waals surface area contributed by atoms with Crippen LogP contribution in [0.3, 0.4) is 0 Å². The van der Waals surface area contributed by atoms with Crippen LogP contribution in [0.25, 0.3) is 11.1 Å². The Bertz CT molecular complexity index is 1180. The molecule has 0 saturated heterocycles. The van der Waals surface area contributed by atoms with Crippen molar-refractivity contribution >= 4 is 11.6 Å². The number of rotatable bonds is 6. The molecule has 3 aromatic carbocycles. The maximum atomic E-state index is 13.0. The van der Waals surface area contributed by atoms with Gasteiger partial charge < -0.3 is 14.8 Å². The fourth-order valence-electron chi connectivity index (χ4n) is 2.84. The minimum Gasteiger partial charge on any atom is -0.497 e. The standard InChI is InChI=1S/C24H18FN3O3/c1-30-21-3-2-4-22(13-21)31-24-26-14-18(15-27-24)16-5-7-17(8-6-16)23(29)28-20-11-9-19(25)10-12-20/h2-15H,1H3,(H,28,29). The fraction of sp³-hybridized carbons (Fsp3) is 0.0417. The molecule has 1 heterocycles. The predicted octanol–water partition coefficient (Wildman–Crippen LogP) is 5.34. The van der Waals surface area contributed by atoms with Crippen molar-refractivity contribution in [3.05, 3.63) is 96.6 Å². The van der Waals surface area contributed by atoms with Crippen molar-refractivity contribution in [2.75, 3.05) is 12.4 Å². The molecular weight excluding hydrogens is 397 g/mol. The Kier molecular flexibility index (Phi) is 5.84. The van der Waals surface area contributed by atoms with Gasteiger partial charge in [0.1, 0.15) is 17.3 Å². The number of nitrogens with zero attached hydrogens (tertiary/aromatic N) is 2. The van der Waals surface area contributed by atoms with E-state index in [2.05, 4.69) is 15.3 Å². The van der Waals surface area contributed by atoms with E-state index in [1.807, 2.05) is 12.1 Å². The number of amides is 1. The molecule has 7 heteroatoms. The molecule has 1 N–H and O–H groups in total. The summed E-state index contributed by atoms with van der Waals surface area (Å²) < 4.78 is 23.8. The van der Waals surface area contributed by atoms with Gasteiger partial charge in [-0.15, -0.1) is 0 Å². The van der Waals surface area contributed by atoms with Crippen LogP contribution in [0.2, 0.25) is 0 Å². The highest BCUT2D eigenvalue weighted by molar-refractivity contribution is 6.04. The summed E-state index contributed by atoms with van der Waals surface area (Å²) in [6.07, 6.45) is 3.30. The topological polar surface area (TPSA) is 73.3 Å². The highest BCUT2D eigenvalue weighted by Crippen LogP contribution is 2.24. The zero-order valence-corrected chi connectivity index (χ0v) is 16.6. The second-order valence-electron chi connectivity index (χ2n) is 6.57. The lowest BCUT2D eigenvalue weighted by Gasteiger charge is -2.08. The monoisotopic (exact) mass is 415 g/mol. The van der Waals surface area contributed by atoms with Crippen molar-refractivity contribution in [2.24, 2.45) is 0 Å². The van der Waals surface area contributed by atoms with Crippen LogP contribution in [-0.2, 0) is 0 Å². The number of hydrogen-bond donors (Lipinski definition) is 1. The number of halogens is 1. The smallest absolute Gasteiger partial charge is 0.321 e. The minimum atomic E-state index is -0.357. The van der Waals surface area contributed by atoms with Crippen molar-refractivity contribution in [1.29, 1.82) is 0 Å². The second kappa shape index (κ2) is 9.04. The molecule has 0 aliphatic rings. The van der Waals surface area contributed by atoms with Crippen molar-refractivity contribution in [2.45, 2.75) is 0 Å². The van der Waals surface area contributed by atoms with Gasteiger partial charge in [-0.1, -0.05) is 18.2 Å². The molecule has 0 fully saturated rings. The molecule has 4 aromatic rings. The summed E-state index contributed by atoms with van der Waals surface area (Å²) in [6.45, 7) is 0. The first-order valence-electron chi connectivity index (χ1n) is 9.42. The van der Waals surface area contributed by atoms with E-state index in [1.54, 1.807) is 55.9 Å². The van der Waals surface area contributed by atoms with Gasteiger partial charge in [0.15, 0.2) is 0 Å². The van der Waals surface area contributed by atoms with Crippen LogP contribution in [-0.4, -0.2) is 23.0 Å². The van der Waals surface area contributed by atoms with E-state index in [9.17, 15) is 9.18 Å². The molecule has 6 nitrogen and oxygen atoms in total. The molecule has 154 valence electrons. The summed E-state index contributed by atoms with van der Waals surface area (Å²) >= 11 is 0. The lowest BCUT2D eigenvalue weighted by atomic mass is 10.1. The van der Waals surface area contributed by atoms with Crippen molar-refractivity contribution in [3.8, 4) is 28.6 Å². The van der Waals surface area contributed by atoms with Gasteiger partial charge in [-0.25, -0.2) is 14.4 Å². The lowest BCUT2D eigenvalue weighted by molar-refractivity contribution is 0.102. The van der Waals surface area contributed by atoms with Crippen molar-refractivity contribution < 1.29 is 18.7 Å². The summed E-state index contributed by atoms with van der Waals surface area (Å²) in [6, 6.07) is 20.0. The van der Waals surface area contributed by atoms with E-state index >= 15 is 0 Å². The molecule has 31 heavy (non-hydrogen) atoms. The van der Waals surface area contributed by atoms with E-state index < -0.39 is 0 Å². The molecule has 1 amide bonds. The average Bonchev–Trinajstić information content (AvgIpc) is 2.81. The quantitative estimate of drug-likeness (QED) is 0.460. The number of anilines is 1. The SMILES string of the molecule is COc1cccc(Oc2ncc(-c3ccc(C(=O)Nc4ccc(F)cc4)cc3)cn2)c1. The van der Waals surface area contributed by atoms with E-state index in [1.165, 1.54) is 24.3 Å². The summed E-state index contributed by atoms with van der Waals surface area (Å²) in [5.74, 6) is 0.613. The van der Waals surface area contributed by atoms with Crippen molar-refractivity contribution in [1.82, 2.24) is 9.97 Å². The van der Waals surface area contributed by atoms with Gasteiger partial charge in [-0.3, -0.25) is 4.79 Å². The average molecular weight is 415 g/mol. The summed E-state index contributed by atoms with van der Waals surface area (Å²) in [7, 11) is 1.59. The van der Waals surface area contributed by atoms with Crippen LogP contribution >= 0.6 is 0 Å². The third-order valence-corrected chi connectivity index (χ3v) is 4.46. The number of hydrogen-bond acceptors (Lipinski definition) is 5. The maximum Gasteiger partial charge on any atom is 0.321 e. The Morgan fingerprint density at radius 2 is 1.55 bits per heavy atom. The highest BCUT2D eigenvalue weighted by Gasteiger charge is 2.08. The number of carbonyl (C=O) groups is 1. The fourth-order valence-corrected chi connectivity index (χ4v) is 2.84. The second-order valence-corrected chi connectivity index (χ2v) is 6.57. The molecule has 0 aliphatic carbocycles. The first-order valence-corrected chi connectivity index (χ1v) is 9.42. The predicted molar refractivity (Wildman–Crippen MR) is 115 cm³/mol. The van der Waals surface area contributed by atoms with Crippen LogP contribution in [0.1, 0.15) is 10.4 Å². The van der Waals surface area contributed by atoms with Gasteiger partial charge in [-0.05, 0) is 54.1 Å². The van der Waals surface area contributed by atoms with Crippen LogP contribution in [0.5, 0.6) is 17.5 Å². The van der Waals surface area contributed by atoms with E-state index in [4.69, 9.17) is 9.47 Å². The molecule has 0 saturated carbocycles. The number of benzene rings is 3. The minimum absolute atomic E-state index is 0.215. The van der Waals surface area contributed by atoms with Crippen molar-refractivity contribution in [3.63, 3.8) is 0 Å². The molecule has 0 unspecified atom stereocenters. The number of nitrogens with one attached hydrogen (secondary N) is 1. The Balaban J connectivity index is 1.42. The maximum absolute atomic E-state index is 13.0. The molecule has 4 rings (SSSR count). The van der Waals surface area contributed by atoms with Crippen LogP contribution in [0.4, 0.5) is 10.1 Å². The molecule has 0 aliphatic heterocycles. The summed E-state index contributed by atoms with van der Waals surface area (Å²) in [4.78, 5) is 20.8. The molecule has 0 radical (unpaired) electrons. The zero-order chi connectivity index (χ0) is 21.6. The molecule has 0 atom stereocenters. The number of ether oxygens (including phenoxy) is 2. The number of carbonyl (C=O) groups excluding carboxylic acids is 1. The van der Waals surface area contributed by atoms with Gasteiger partial charge in [0.25, 0.3) is 5.91 Å². The summed E-state index contributed by atoms with van der Waals surface area (Å²) in [5.41, 5.74) is 2.64. The van der Waals surface area contributed by atoms with Gasteiger partial charge >= 0.3 is 6.01 Å². The molecule has 0 spiro atoms. The Morgan fingerprint density at radius 3 is 2.23 bits per heavy atom.